The van der Waals surface area contributed by atoms with Crippen LogP contribution in [0.25, 0.3) is 22.3 Å². The minimum Gasteiger partial charge on any atom is -0.507 e. The van der Waals surface area contributed by atoms with Crippen LogP contribution in [-0.4, -0.2) is 99.1 Å². The number of hydrogen-bond acceptors (Lipinski definition) is 9. The first kappa shape index (κ1) is 44.8. The molecule has 0 radical (unpaired) electrons. The van der Waals surface area contributed by atoms with Gasteiger partial charge in [-0.25, -0.2) is 0 Å². The Bertz CT molecular complexity index is 2240. The van der Waals surface area contributed by atoms with E-state index in [1.165, 1.54) is 55.7 Å². The van der Waals surface area contributed by atoms with E-state index in [2.05, 4.69) is 17.6 Å². The molecule has 316 valence electrons. The van der Waals surface area contributed by atoms with Gasteiger partial charge in [-0.1, -0.05) is 62.4 Å². The maximum Gasteiger partial charge on any atom is 0.254 e. The predicted molar refractivity (Wildman–Crippen MR) is 227 cm³/mol. The molecule has 5 atom stereocenters. The summed E-state index contributed by atoms with van der Waals surface area (Å²) in [7, 11) is 2.80. The van der Waals surface area contributed by atoms with E-state index in [0.29, 0.717) is 23.1 Å². The zero-order valence-corrected chi connectivity index (χ0v) is 34.9. The van der Waals surface area contributed by atoms with Crippen molar-refractivity contribution < 1.29 is 44.1 Å². The third-order valence-corrected chi connectivity index (χ3v) is 11.2. The van der Waals surface area contributed by atoms with Crippen LogP contribution in [0.5, 0.6) is 11.5 Å². The van der Waals surface area contributed by atoms with Crippen LogP contribution in [0.2, 0.25) is 0 Å². The second-order valence-electron chi connectivity index (χ2n) is 15.7. The number of hydrogen-bond donors (Lipinski definition) is 5. The van der Waals surface area contributed by atoms with Gasteiger partial charge >= 0.3 is 0 Å². The van der Waals surface area contributed by atoms with Crippen LogP contribution in [0, 0.1) is 5.92 Å². The highest BCUT2D eigenvalue weighted by molar-refractivity contribution is 5.99. The van der Waals surface area contributed by atoms with Crippen LogP contribution in [0.4, 0.5) is 0 Å². The van der Waals surface area contributed by atoms with E-state index in [1.807, 2.05) is 31.2 Å². The number of likely N-dealkylation sites (N-methyl/N-ethyl adjacent to an activating group) is 2. The Kier molecular flexibility index (Phi) is 14.6. The number of nitrogens with zero attached hydrogens (tertiary/aromatic N) is 2. The number of amides is 4. The number of Topliss-reactive ketones (excluding diaryl/α,β-unsaturated/α-hetero) is 2. The van der Waals surface area contributed by atoms with E-state index < -0.39 is 59.9 Å². The number of nitrogens with one attached hydrogen (secondary N) is 2. The predicted octanol–water partition coefficient (Wildman–Crippen LogP) is 5.14. The first-order valence-electron chi connectivity index (χ1n) is 20.2. The SMILES string of the molecule is CCc1ccc(-c2ccc(C(=O)N(C)[C@H](CO)C(=O)N[C@H](C)C(=O)CCC(=O)N(C)[C@@H]3C(=O)C[C@@H](C)C(=O)N[C@H](C)Cc4ccc(O)c(c4)-c4cc3ccc4O)cc2)cc1. The summed E-state index contributed by atoms with van der Waals surface area (Å²) >= 11 is 0. The molecule has 0 saturated heterocycles. The van der Waals surface area contributed by atoms with E-state index in [1.54, 1.807) is 43.3 Å². The molecule has 0 spiro atoms. The number of phenolic OH excluding ortho intramolecular Hbond substituents is 2. The van der Waals surface area contributed by atoms with Crippen LogP contribution in [0.1, 0.15) is 80.0 Å². The van der Waals surface area contributed by atoms with Gasteiger partial charge in [-0.05, 0) is 90.9 Å². The zero-order valence-electron chi connectivity index (χ0n) is 34.9. The van der Waals surface area contributed by atoms with Crippen molar-refractivity contribution in [3.05, 3.63) is 107 Å². The van der Waals surface area contributed by atoms with Gasteiger partial charge in [0.25, 0.3) is 5.91 Å². The van der Waals surface area contributed by atoms with Crippen LogP contribution in [0.15, 0.2) is 84.9 Å². The Morgan fingerprint density at radius 2 is 1.42 bits per heavy atom. The molecule has 1 heterocycles. The standard InChI is InChI=1S/C47H54N4O9/c1-7-30-8-11-32(12-9-30)33-13-15-34(16-14-33)47(60)50(5)38(26-52)46(59)49-29(4)39(53)20-21-43(57)51(6)44-35-17-19-41(55)37(25-35)36-24-31(10-18-40(36)54)23-28(3)48-45(58)27(2)22-42(44)56/h8-19,24-25,27-29,38,44,52,54-55H,7,20-23,26H2,1-6H3,(H,48,58)(H,49,59)/t27-,28-,29-,38-,44+/m1/s1. The fraction of sp³-hybridized carbons (Fsp3) is 0.362. The van der Waals surface area contributed by atoms with Crippen LogP contribution >= 0.6 is 0 Å². The van der Waals surface area contributed by atoms with Crippen molar-refractivity contribution >= 4 is 35.2 Å². The quantitative estimate of drug-likeness (QED) is 0.129. The maximum absolute atomic E-state index is 14.0. The van der Waals surface area contributed by atoms with E-state index in [0.717, 1.165) is 28.0 Å². The largest absolute Gasteiger partial charge is 0.507 e. The summed E-state index contributed by atoms with van der Waals surface area (Å²) in [5, 5.41) is 37.3. The molecule has 13 nitrogen and oxygen atoms in total. The summed E-state index contributed by atoms with van der Waals surface area (Å²) in [6.45, 7) is 6.26. The first-order valence-corrected chi connectivity index (χ1v) is 20.2. The topological polar surface area (TPSA) is 194 Å². The lowest BCUT2D eigenvalue weighted by molar-refractivity contribution is -0.140. The lowest BCUT2D eigenvalue weighted by Crippen LogP contribution is -2.53. The highest BCUT2D eigenvalue weighted by Crippen LogP contribution is 2.39. The molecule has 0 aliphatic carbocycles. The number of aryl methyl sites for hydroxylation is 1. The molecular weight excluding hydrogens is 765 g/mol. The molecule has 5 rings (SSSR count). The lowest BCUT2D eigenvalue weighted by Gasteiger charge is -2.30. The molecule has 1 aliphatic rings. The lowest BCUT2D eigenvalue weighted by atomic mass is 9.90. The number of ketones is 2. The average Bonchev–Trinajstić information content (AvgIpc) is 3.23. The number of fused-ring (bicyclic) bond motifs is 5. The first-order chi connectivity index (χ1) is 28.5. The number of benzene rings is 4. The molecule has 13 heteroatoms. The van der Waals surface area contributed by atoms with Crippen molar-refractivity contribution in [1.82, 2.24) is 20.4 Å². The Hall–Kier alpha value is -6.34. The second kappa shape index (κ2) is 19.6. The average molecular weight is 819 g/mol. The molecule has 0 unspecified atom stereocenters. The third-order valence-electron chi connectivity index (χ3n) is 11.2. The van der Waals surface area contributed by atoms with Crippen LogP contribution < -0.4 is 10.6 Å². The number of carbonyl (C=O) groups excluding carboxylic acids is 6. The fourth-order valence-corrected chi connectivity index (χ4v) is 7.41. The second-order valence-corrected chi connectivity index (χ2v) is 15.7. The highest BCUT2D eigenvalue weighted by Gasteiger charge is 2.33. The maximum atomic E-state index is 14.0. The van der Waals surface area contributed by atoms with Gasteiger partial charge in [0.05, 0.1) is 12.6 Å². The van der Waals surface area contributed by atoms with Gasteiger partial charge in [-0.2, -0.15) is 0 Å². The van der Waals surface area contributed by atoms with Crippen molar-refractivity contribution in [2.24, 2.45) is 5.92 Å². The summed E-state index contributed by atoms with van der Waals surface area (Å²) < 4.78 is 0. The van der Waals surface area contributed by atoms with Gasteiger partial charge < -0.3 is 35.8 Å². The number of phenols is 2. The van der Waals surface area contributed by atoms with E-state index in [9.17, 15) is 44.1 Å². The summed E-state index contributed by atoms with van der Waals surface area (Å²) in [5.41, 5.74) is 5.08. The van der Waals surface area contributed by atoms with Crippen molar-refractivity contribution in [3.8, 4) is 33.8 Å². The Morgan fingerprint density at radius 1 is 0.817 bits per heavy atom. The molecule has 0 aromatic heterocycles. The van der Waals surface area contributed by atoms with Crippen molar-refractivity contribution in [2.75, 3.05) is 20.7 Å². The van der Waals surface area contributed by atoms with Gasteiger partial charge in [0.2, 0.25) is 17.7 Å². The Balaban J connectivity index is 1.26. The molecule has 4 aromatic carbocycles. The van der Waals surface area contributed by atoms with Gasteiger partial charge in [0.15, 0.2) is 11.6 Å². The summed E-state index contributed by atoms with van der Waals surface area (Å²) in [6, 6.07) is 20.4. The van der Waals surface area contributed by atoms with Gasteiger partial charge in [0, 0.05) is 62.0 Å². The molecule has 0 saturated carbocycles. The molecule has 4 amide bonds. The van der Waals surface area contributed by atoms with Gasteiger partial charge in [-0.3, -0.25) is 28.8 Å². The summed E-state index contributed by atoms with van der Waals surface area (Å²) in [6.07, 6.45) is 0.504. The molecular formula is C47H54N4O9. The molecule has 1 aliphatic heterocycles. The van der Waals surface area contributed by atoms with E-state index in [4.69, 9.17) is 0 Å². The number of aliphatic hydroxyl groups is 1. The Morgan fingerprint density at radius 3 is 2.03 bits per heavy atom. The minimum atomic E-state index is -1.31. The smallest absolute Gasteiger partial charge is 0.254 e. The van der Waals surface area contributed by atoms with Crippen LogP contribution in [0.3, 0.4) is 0 Å². The van der Waals surface area contributed by atoms with Crippen molar-refractivity contribution in [3.63, 3.8) is 0 Å². The minimum absolute atomic E-state index is 0.113. The number of rotatable bonds is 12. The van der Waals surface area contributed by atoms with Crippen molar-refractivity contribution in [2.45, 2.75) is 84.0 Å². The fourth-order valence-electron chi connectivity index (χ4n) is 7.41. The highest BCUT2D eigenvalue weighted by atomic mass is 16.3. The molecule has 4 aromatic rings. The van der Waals surface area contributed by atoms with Gasteiger partial charge in [0.1, 0.15) is 23.6 Å². The molecule has 60 heavy (non-hydrogen) atoms. The van der Waals surface area contributed by atoms with Gasteiger partial charge in [-0.15, -0.1) is 0 Å². The zero-order chi connectivity index (χ0) is 43.8. The molecule has 4 bridgehead atoms. The van der Waals surface area contributed by atoms with Crippen molar-refractivity contribution in [1.29, 1.82) is 0 Å². The van der Waals surface area contributed by atoms with Crippen LogP contribution in [-0.2, 0) is 36.8 Å². The van der Waals surface area contributed by atoms with E-state index >= 15 is 0 Å². The molecule has 0 fully saturated rings. The van der Waals surface area contributed by atoms with E-state index in [-0.39, 0.29) is 48.3 Å². The monoisotopic (exact) mass is 818 g/mol. The number of aliphatic hydroxyl groups excluding tert-OH is 1. The number of aromatic hydroxyl groups is 2. The summed E-state index contributed by atoms with van der Waals surface area (Å²) in [5.74, 6) is -4.14. The normalized spacial score (nSPS) is 17.7. The number of carbonyl (C=O) groups is 6. The third kappa shape index (κ3) is 10.4. The molecule has 5 N–H and O–H groups in total. The Labute approximate surface area is 350 Å². The summed E-state index contributed by atoms with van der Waals surface area (Å²) in [4.78, 5) is 83.1.